The second-order valence-corrected chi connectivity index (χ2v) is 6.57. The Morgan fingerprint density at radius 1 is 0.931 bits per heavy atom. The maximum Gasteiger partial charge on any atom is 0.269 e. The molecule has 1 heterocycles. The number of nitro groups is 1. The van der Waals surface area contributed by atoms with Crippen LogP contribution in [0.2, 0.25) is 0 Å². The molecule has 0 fully saturated rings. The zero-order valence-corrected chi connectivity index (χ0v) is 15.1. The van der Waals surface area contributed by atoms with E-state index in [1.807, 2.05) is 12.1 Å². The molecule has 4 rings (SSSR count). The van der Waals surface area contributed by atoms with Crippen LogP contribution in [0.4, 0.5) is 11.4 Å². The molecule has 0 spiro atoms. The summed E-state index contributed by atoms with van der Waals surface area (Å²) in [7, 11) is 0. The zero-order chi connectivity index (χ0) is 20.5. The van der Waals surface area contributed by atoms with Gasteiger partial charge in [-0.05, 0) is 29.7 Å². The highest BCUT2D eigenvalue weighted by molar-refractivity contribution is 6.25. The molecule has 8 nitrogen and oxygen atoms in total. The van der Waals surface area contributed by atoms with Gasteiger partial charge in [-0.3, -0.25) is 29.4 Å². The van der Waals surface area contributed by atoms with Gasteiger partial charge in [-0.2, -0.15) is 0 Å². The number of hydrogen-bond acceptors (Lipinski definition) is 5. The number of amides is 3. The molecule has 3 aromatic carbocycles. The van der Waals surface area contributed by atoms with E-state index < -0.39 is 22.6 Å². The molecule has 3 amide bonds. The highest BCUT2D eigenvalue weighted by atomic mass is 16.6. The monoisotopic (exact) mass is 389 g/mol. The van der Waals surface area contributed by atoms with Gasteiger partial charge in [-0.25, -0.2) is 0 Å². The molecular weight excluding hydrogens is 374 g/mol. The third-order valence-electron chi connectivity index (χ3n) is 4.78. The minimum absolute atomic E-state index is 0.0683. The van der Waals surface area contributed by atoms with Crippen molar-refractivity contribution in [1.29, 1.82) is 0 Å². The topological polar surface area (TPSA) is 110 Å². The lowest BCUT2D eigenvalue weighted by Gasteiger charge is -2.27. The summed E-state index contributed by atoms with van der Waals surface area (Å²) in [5.74, 6) is -1.26. The predicted octanol–water partition coefficient (Wildman–Crippen LogP) is 3.37. The standard InChI is InChI=1S/C21H15N3O5/c25-18(22-14-7-9-15(10-8-14)24(28)29)11-12-23-20(26)16-5-1-3-13-4-2-6-17(19(13)16)21(23)27/h1-10H,11-12H2,(H,22,25). The van der Waals surface area contributed by atoms with E-state index in [0.29, 0.717) is 22.2 Å². The Morgan fingerprint density at radius 3 is 2.07 bits per heavy atom. The van der Waals surface area contributed by atoms with E-state index in [1.54, 1.807) is 24.3 Å². The summed E-state index contributed by atoms with van der Waals surface area (Å²) in [4.78, 5) is 49.0. The molecule has 0 aromatic heterocycles. The first kappa shape index (κ1) is 18.3. The van der Waals surface area contributed by atoms with Crippen molar-refractivity contribution >= 4 is 39.9 Å². The first-order valence-corrected chi connectivity index (χ1v) is 8.88. The molecule has 0 atom stereocenters. The second kappa shape index (κ2) is 7.16. The van der Waals surface area contributed by atoms with Crippen LogP contribution in [0.15, 0.2) is 60.7 Å². The summed E-state index contributed by atoms with van der Waals surface area (Å²) >= 11 is 0. The number of imide groups is 1. The van der Waals surface area contributed by atoms with Crippen LogP contribution in [0.25, 0.3) is 10.8 Å². The third-order valence-corrected chi connectivity index (χ3v) is 4.78. The van der Waals surface area contributed by atoms with Gasteiger partial charge in [0.1, 0.15) is 0 Å². The van der Waals surface area contributed by atoms with Crippen molar-refractivity contribution < 1.29 is 19.3 Å². The van der Waals surface area contributed by atoms with Crippen LogP contribution in [0.1, 0.15) is 27.1 Å². The molecule has 0 unspecified atom stereocenters. The Bertz CT molecular complexity index is 1120. The van der Waals surface area contributed by atoms with Crippen molar-refractivity contribution in [2.24, 2.45) is 0 Å². The van der Waals surface area contributed by atoms with Crippen LogP contribution >= 0.6 is 0 Å². The normalized spacial score (nSPS) is 12.9. The molecule has 1 aliphatic rings. The average Bonchev–Trinajstić information content (AvgIpc) is 2.72. The molecule has 0 radical (unpaired) electrons. The molecule has 0 saturated heterocycles. The van der Waals surface area contributed by atoms with E-state index in [1.165, 1.54) is 24.3 Å². The number of nitrogens with one attached hydrogen (secondary N) is 1. The molecule has 0 saturated carbocycles. The Balaban J connectivity index is 1.47. The van der Waals surface area contributed by atoms with Crippen LogP contribution in [0, 0.1) is 10.1 Å². The molecule has 3 aromatic rings. The molecule has 0 bridgehead atoms. The second-order valence-electron chi connectivity index (χ2n) is 6.57. The number of benzene rings is 3. The number of nitro benzene ring substituents is 1. The highest BCUT2D eigenvalue weighted by Gasteiger charge is 2.32. The fraction of sp³-hybridized carbons (Fsp3) is 0.0952. The van der Waals surface area contributed by atoms with Gasteiger partial charge in [-0.15, -0.1) is 0 Å². The molecule has 0 aliphatic carbocycles. The van der Waals surface area contributed by atoms with E-state index in [9.17, 15) is 24.5 Å². The molecule has 1 N–H and O–H groups in total. The van der Waals surface area contributed by atoms with Gasteiger partial charge in [0, 0.05) is 47.3 Å². The molecule has 29 heavy (non-hydrogen) atoms. The van der Waals surface area contributed by atoms with Gasteiger partial charge in [0.15, 0.2) is 0 Å². The number of carbonyl (C=O) groups excluding carboxylic acids is 3. The van der Waals surface area contributed by atoms with Crippen LogP contribution in [0.5, 0.6) is 0 Å². The van der Waals surface area contributed by atoms with Crippen molar-refractivity contribution in [3.63, 3.8) is 0 Å². The summed E-state index contributed by atoms with van der Waals surface area (Å²) in [5, 5.41) is 14.7. The van der Waals surface area contributed by atoms with Crippen LogP contribution < -0.4 is 5.32 Å². The average molecular weight is 389 g/mol. The van der Waals surface area contributed by atoms with Gasteiger partial charge in [0.25, 0.3) is 17.5 Å². The smallest absolute Gasteiger partial charge is 0.269 e. The van der Waals surface area contributed by atoms with Crippen molar-refractivity contribution in [1.82, 2.24) is 4.90 Å². The van der Waals surface area contributed by atoms with E-state index in [2.05, 4.69) is 5.32 Å². The van der Waals surface area contributed by atoms with Crippen LogP contribution in [0.3, 0.4) is 0 Å². The summed E-state index contributed by atoms with van der Waals surface area (Å²) in [6.07, 6.45) is -0.0907. The first-order chi connectivity index (χ1) is 14.0. The maximum atomic E-state index is 12.8. The van der Waals surface area contributed by atoms with Crippen molar-refractivity contribution in [2.45, 2.75) is 6.42 Å². The van der Waals surface area contributed by atoms with E-state index in [0.717, 1.165) is 10.3 Å². The maximum absolute atomic E-state index is 12.8. The number of rotatable bonds is 5. The van der Waals surface area contributed by atoms with Gasteiger partial charge >= 0.3 is 0 Å². The predicted molar refractivity (Wildman–Crippen MR) is 106 cm³/mol. The van der Waals surface area contributed by atoms with Crippen molar-refractivity contribution in [3.05, 3.63) is 81.9 Å². The first-order valence-electron chi connectivity index (χ1n) is 8.88. The van der Waals surface area contributed by atoms with Gasteiger partial charge in [0.05, 0.1) is 4.92 Å². The molecule has 1 aliphatic heterocycles. The Morgan fingerprint density at radius 2 is 1.52 bits per heavy atom. The minimum atomic E-state index is -0.530. The number of anilines is 1. The largest absolute Gasteiger partial charge is 0.326 e. The quantitative estimate of drug-likeness (QED) is 0.409. The molecule has 144 valence electrons. The van der Waals surface area contributed by atoms with Crippen molar-refractivity contribution in [2.75, 3.05) is 11.9 Å². The van der Waals surface area contributed by atoms with Gasteiger partial charge < -0.3 is 5.32 Å². The van der Waals surface area contributed by atoms with Crippen LogP contribution in [-0.2, 0) is 4.79 Å². The van der Waals surface area contributed by atoms with Crippen molar-refractivity contribution in [3.8, 4) is 0 Å². The third kappa shape index (κ3) is 3.31. The Kier molecular flexibility index (Phi) is 4.52. The summed E-state index contributed by atoms with van der Waals surface area (Å²) in [5.41, 5.74) is 1.19. The number of non-ortho nitro benzene ring substituents is 1. The fourth-order valence-corrected chi connectivity index (χ4v) is 3.39. The lowest BCUT2D eigenvalue weighted by atomic mass is 9.94. The van der Waals surface area contributed by atoms with Crippen LogP contribution in [-0.4, -0.2) is 34.1 Å². The minimum Gasteiger partial charge on any atom is -0.326 e. The van der Waals surface area contributed by atoms with Gasteiger partial charge in [0.2, 0.25) is 5.91 Å². The lowest BCUT2D eigenvalue weighted by Crippen LogP contribution is -2.41. The number of hydrogen-bond donors (Lipinski definition) is 1. The lowest BCUT2D eigenvalue weighted by molar-refractivity contribution is -0.384. The Hall–Kier alpha value is -4.07. The molecule has 8 heteroatoms. The summed E-state index contributed by atoms with van der Waals surface area (Å²) in [6, 6.07) is 16.0. The fourth-order valence-electron chi connectivity index (χ4n) is 3.39. The van der Waals surface area contributed by atoms with Gasteiger partial charge in [-0.1, -0.05) is 24.3 Å². The zero-order valence-electron chi connectivity index (χ0n) is 15.1. The van der Waals surface area contributed by atoms with E-state index in [4.69, 9.17) is 0 Å². The van der Waals surface area contributed by atoms with E-state index >= 15 is 0 Å². The van der Waals surface area contributed by atoms with E-state index in [-0.39, 0.29) is 18.7 Å². The summed E-state index contributed by atoms with van der Waals surface area (Å²) in [6.45, 7) is -0.0683. The molecular formula is C21H15N3O5. The highest BCUT2D eigenvalue weighted by Crippen LogP contribution is 2.30. The SMILES string of the molecule is O=C(CCN1C(=O)c2cccc3cccc(c23)C1=O)Nc1ccc([N+](=O)[O-])cc1. The summed E-state index contributed by atoms with van der Waals surface area (Å²) < 4.78 is 0. The number of carbonyl (C=O) groups is 3. The number of nitrogens with zero attached hydrogens (tertiary/aromatic N) is 2. The Labute approximate surface area is 164 Å².